The monoisotopic (exact) mass is 275 g/mol. The molecule has 0 atom stereocenters. The van der Waals surface area contributed by atoms with Gasteiger partial charge in [0.05, 0.1) is 23.6 Å². The summed E-state index contributed by atoms with van der Waals surface area (Å²) in [6, 6.07) is 3.41. The predicted molar refractivity (Wildman–Crippen MR) is 74.2 cm³/mol. The molecule has 20 heavy (non-hydrogen) atoms. The molecule has 0 aliphatic heterocycles. The van der Waals surface area contributed by atoms with Gasteiger partial charge in [0.1, 0.15) is 0 Å². The van der Waals surface area contributed by atoms with Gasteiger partial charge in [0.25, 0.3) is 5.91 Å². The van der Waals surface area contributed by atoms with Gasteiger partial charge in [0.15, 0.2) is 0 Å². The van der Waals surface area contributed by atoms with Crippen molar-refractivity contribution in [1.82, 2.24) is 20.1 Å². The molecule has 2 heterocycles. The van der Waals surface area contributed by atoms with Gasteiger partial charge in [-0.1, -0.05) is 0 Å². The number of aliphatic hydroxyl groups excluding tert-OH is 1. The lowest BCUT2D eigenvalue weighted by atomic mass is 10.2. The standard InChI is InChI=1S/C13H17N5O2/c1-18-9-12(11(17-18)8-15-5-6-19)16-13(20)10-3-2-4-14-7-10/h2-4,7,9,15,19H,5-6,8H2,1H3,(H,16,20). The minimum Gasteiger partial charge on any atom is -0.395 e. The average Bonchev–Trinajstić information content (AvgIpc) is 2.80. The highest BCUT2D eigenvalue weighted by Gasteiger charge is 2.12. The summed E-state index contributed by atoms with van der Waals surface area (Å²) >= 11 is 0. The fourth-order valence-corrected chi connectivity index (χ4v) is 1.75. The summed E-state index contributed by atoms with van der Waals surface area (Å²) in [6.07, 6.45) is 4.87. The van der Waals surface area contributed by atoms with Gasteiger partial charge in [-0.2, -0.15) is 5.10 Å². The molecule has 7 nitrogen and oxygen atoms in total. The Kier molecular flexibility index (Phi) is 4.80. The van der Waals surface area contributed by atoms with Crippen molar-refractivity contribution in [2.75, 3.05) is 18.5 Å². The number of nitrogens with zero attached hydrogens (tertiary/aromatic N) is 3. The first-order valence-corrected chi connectivity index (χ1v) is 6.26. The molecule has 106 valence electrons. The molecule has 1 amide bonds. The lowest BCUT2D eigenvalue weighted by Gasteiger charge is -2.05. The van der Waals surface area contributed by atoms with E-state index < -0.39 is 0 Å². The number of pyridine rings is 1. The number of hydrogen-bond acceptors (Lipinski definition) is 5. The van der Waals surface area contributed by atoms with Crippen LogP contribution in [-0.4, -0.2) is 38.9 Å². The van der Waals surface area contributed by atoms with E-state index in [9.17, 15) is 4.79 Å². The number of aromatic nitrogens is 3. The number of hydrogen-bond donors (Lipinski definition) is 3. The van der Waals surface area contributed by atoms with E-state index in [1.54, 1.807) is 36.3 Å². The molecule has 0 bridgehead atoms. The highest BCUT2D eigenvalue weighted by Crippen LogP contribution is 2.14. The molecule has 0 saturated heterocycles. The molecular weight excluding hydrogens is 258 g/mol. The van der Waals surface area contributed by atoms with Gasteiger partial charge in [-0.05, 0) is 12.1 Å². The second kappa shape index (κ2) is 6.78. The molecule has 2 rings (SSSR count). The molecule has 0 radical (unpaired) electrons. The zero-order chi connectivity index (χ0) is 14.4. The van der Waals surface area contributed by atoms with Crippen LogP contribution >= 0.6 is 0 Å². The number of rotatable bonds is 6. The van der Waals surface area contributed by atoms with Crippen LogP contribution in [-0.2, 0) is 13.6 Å². The number of carbonyl (C=O) groups excluding carboxylic acids is 1. The Balaban J connectivity index is 2.07. The fourth-order valence-electron chi connectivity index (χ4n) is 1.75. The van der Waals surface area contributed by atoms with Gasteiger partial charge >= 0.3 is 0 Å². The van der Waals surface area contributed by atoms with Crippen LogP contribution in [0.15, 0.2) is 30.7 Å². The van der Waals surface area contributed by atoms with E-state index in [0.29, 0.717) is 24.3 Å². The zero-order valence-corrected chi connectivity index (χ0v) is 11.2. The number of nitrogens with one attached hydrogen (secondary N) is 2. The number of aliphatic hydroxyl groups is 1. The second-order valence-electron chi connectivity index (χ2n) is 4.26. The maximum atomic E-state index is 12.1. The van der Waals surface area contributed by atoms with Gasteiger partial charge < -0.3 is 15.7 Å². The number of anilines is 1. The Morgan fingerprint density at radius 3 is 3.05 bits per heavy atom. The van der Waals surface area contributed by atoms with E-state index in [-0.39, 0.29) is 12.5 Å². The van der Waals surface area contributed by atoms with Crippen LogP contribution in [0.5, 0.6) is 0 Å². The van der Waals surface area contributed by atoms with Crippen LogP contribution in [0, 0.1) is 0 Å². The van der Waals surface area contributed by atoms with Crippen LogP contribution in [0.1, 0.15) is 16.1 Å². The molecule has 0 aromatic carbocycles. The van der Waals surface area contributed by atoms with Crippen LogP contribution in [0.25, 0.3) is 0 Å². The third-order valence-electron chi connectivity index (χ3n) is 2.66. The average molecular weight is 275 g/mol. The molecular formula is C13H17N5O2. The van der Waals surface area contributed by atoms with Crippen molar-refractivity contribution >= 4 is 11.6 Å². The van der Waals surface area contributed by atoms with Crippen molar-refractivity contribution in [2.24, 2.45) is 7.05 Å². The normalized spacial score (nSPS) is 10.5. The van der Waals surface area contributed by atoms with Crippen LogP contribution in [0.2, 0.25) is 0 Å². The molecule has 0 spiro atoms. The number of carbonyl (C=O) groups is 1. The van der Waals surface area contributed by atoms with Crippen LogP contribution < -0.4 is 10.6 Å². The summed E-state index contributed by atoms with van der Waals surface area (Å²) in [6.45, 7) is 1.01. The molecule has 2 aromatic rings. The molecule has 2 aromatic heterocycles. The molecule has 0 saturated carbocycles. The summed E-state index contributed by atoms with van der Waals surface area (Å²) in [5.74, 6) is -0.227. The third kappa shape index (κ3) is 3.62. The first kappa shape index (κ1) is 14.2. The van der Waals surface area contributed by atoms with Gasteiger partial charge in [-0.3, -0.25) is 14.5 Å². The van der Waals surface area contributed by atoms with Gasteiger partial charge in [-0.15, -0.1) is 0 Å². The number of amides is 1. The molecule has 0 fully saturated rings. The highest BCUT2D eigenvalue weighted by atomic mass is 16.3. The van der Waals surface area contributed by atoms with E-state index in [0.717, 1.165) is 5.69 Å². The predicted octanol–water partition coefficient (Wildman–Crippen LogP) is 0.149. The van der Waals surface area contributed by atoms with Crippen LogP contribution in [0.3, 0.4) is 0 Å². The van der Waals surface area contributed by atoms with E-state index in [4.69, 9.17) is 5.11 Å². The van der Waals surface area contributed by atoms with E-state index in [1.807, 2.05) is 0 Å². The smallest absolute Gasteiger partial charge is 0.257 e. The van der Waals surface area contributed by atoms with Gasteiger partial charge in [0, 0.05) is 38.7 Å². The van der Waals surface area contributed by atoms with E-state index in [1.165, 1.54) is 6.20 Å². The summed E-state index contributed by atoms with van der Waals surface area (Å²) in [5.41, 5.74) is 1.86. The minimum absolute atomic E-state index is 0.0597. The molecule has 7 heteroatoms. The Bertz CT molecular complexity index is 567. The maximum absolute atomic E-state index is 12.1. The van der Waals surface area contributed by atoms with Crippen LogP contribution in [0.4, 0.5) is 5.69 Å². The summed E-state index contributed by atoms with van der Waals surface area (Å²) in [7, 11) is 1.79. The topological polar surface area (TPSA) is 92.1 Å². The van der Waals surface area contributed by atoms with Crippen molar-refractivity contribution < 1.29 is 9.90 Å². The van der Waals surface area contributed by atoms with Gasteiger partial charge in [0.2, 0.25) is 0 Å². The highest BCUT2D eigenvalue weighted by molar-refractivity contribution is 6.04. The van der Waals surface area contributed by atoms with Crippen molar-refractivity contribution in [3.05, 3.63) is 42.0 Å². The molecule has 3 N–H and O–H groups in total. The second-order valence-corrected chi connectivity index (χ2v) is 4.26. The Hall–Kier alpha value is -2.25. The van der Waals surface area contributed by atoms with Crippen molar-refractivity contribution in [3.63, 3.8) is 0 Å². The van der Waals surface area contributed by atoms with Gasteiger partial charge in [-0.25, -0.2) is 0 Å². The first-order valence-electron chi connectivity index (χ1n) is 6.26. The lowest BCUT2D eigenvalue weighted by Crippen LogP contribution is -2.19. The largest absolute Gasteiger partial charge is 0.395 e. The third-order valence-corrected chi connectivity index (χ3v) is 2.66. The zero-order valence-electron chi connectivity index (χ0n) is 11.2. The fraction of sp³-hybridized carbons (Fsp3) is 0.308. The Morgan fingerprint density at radius 2 is 2.35 bits per heavy atom. The molecule has 0 unspecified atom stereocenters. The van der Waals surface area contributed by atoms with E-state index >= 15 is 0 Å². The molecule has 0 aliphatic carbocycles. The van der Waals surface area contributed by atoms with Crippen molar-refractivity contribution in [2.45, 2.75) is 6.54 Å². The SMILES string of the molecule is Cn1cc(NC(=O)c2cccnc2)c(CNCCO)n1. The lowest BCUT2D eigenvalue weighted by molar-refractivity contribution is 0.102. The van der Waals surface area contributed by atoms with E-state index in [2.05, 4.69) is 20.7 Å². The Morgan fingerprint density at radius 1 is 1.50 bits per heavy atom. The summed E-state index contributed by atoms with van der Waals surface area (Å²) < 4.78 is 1.63. The Labute approximate surface area is 116 Å². The number of aryl methyl sites for hydroxylation is 1. The summed E-state index contributed by atoms with van der Waals surface area (Å²) in [4.78, 5) is 16.0. The summed E-state index contributed by atoms with van der Waals surface area (Å²) in [5, 5.41) is 18.9. The van der Waals surface area contributed by atoms with Crippen molar-refractivity contribution in [1.29, 1.82) is 0 Å². The maximum Gasteiger partial charge on any atom is 0.257 e. The van der Waals surface area contributed by atoms with Crippen molar-refractivity contribution in [3.8, 4) is 0 Å². The quantitative estimate of drug-likeness (QED) is 0.653. The minimum atomic E-state index is -0.227. The molecule has 0 aliphatic rings. The first-order chi connectivity index (χ1) is 9.70.